The van der Waals surface area contributed by atoms with Crippen LogP contribution >= 0.6 is 0 Å². The fourth-order valence-corrected chi connectivity index (χ4v) is 4.33. The summed E-state index contributed by atoms with van der Waals surface area (Å²) in [5, 5.41) is 2.93. The molecule has 33 heavy (non-hydrogen) atoms. The number of piperazine rings is 1. The van der Waals surface area contributed by atoms with Gasteiger partial charge in [-0.1, -0.05) is 0 Å². The van der Waals surface area contributed by atoms with E-state index in [-0.39, 0.29) is 23.8 Å². The van der Waals surface area contributed by atoms with Gasteiger partial charge in [-0.25, -0.2) is 4.98 Å². The normalized spacial score (nSPS) is 15.4. The Morgan fingerprint density at radius 1 is 1.09 bits per heavy atom. The number of carbonyl (C=O) groups is 1. The van der Waals surface area contributed by atoms with Crippen LogP contribution in [0.25, 0.3) is 16.7 Å². The van der Waals surface area contributed by atoms with Crippen LogP contribution in [0.1, 0.15) is 22.7 Å². The first-order valence-electron chi connectivity index (χ1n) is 11.3. The second kappa shape index (κ2) is 9.21. The van der Waals surface area contributed by atoms with E-state index < -0.39 is 0 Å². The number of nitrogens with one attached hydrogen (secondary N) is 1. The second-order valence-corrected chi connectivity index (χ2v) is 8.52. The summed E-state index contributed by atoms with van der Waals surface area (Å²) in [6.07, 6.45) is 4.41. The molecule has 1 aliphatic heterocycles. The molecule has 1 amide bonds. The number of amides is 1. The van der Waals surface area contributed by atoms with Crippen molar-refractivity contribution >= 4 is 22.6 Å². The van der Waals surface area contributed by atoms with E-state index in [4.69, 9.17) is 4.42 Å². The number of rotatable bonds is 7. The van der Waals surface area contributed by atoms with Crippen molar-refractivity contribution < 1.29 is 9.21 Å². The zero-order chi connectivity index (χ0) is 22.8. The molecule has 0 bridgehead atoms. The predicted molar refractivity (Wildman–Crippen MR) is 126 cm³/mol. The average Bonchev–Trinajstić information content (AvgIpc) is 3.51. The first-order chi connectivity index (χ1) is 16.1. The summed E-state index contributed by atoms with van der Waals surface area (Å²) in [5.74, 6) is 0.540. The van der Waals surface area contributed by atoms with Gasteiger partial charge >= 0.3 is 0 Å². The lowest BCUT2D eigenvalue weighted by molar-refractivity contribution is 0.0920. The zero-order valence-corrected chi connectivity index (χ0v) is 18.7. The van der Waals surface area contributed by atoms with Crippen LogP contribution in [0.4, 0.5) is 0 Å². The average molecular weight is 449 g/mol. The molecule has 5 rings (SSSR count). The minimum absolute atomic E-state index is 0.155. The van der Waals surface area contributed by atoms with Crippen molar-refractivity contribution in [2.24, 2.45) is 0 Å². The summed E-state index contributed by atoms with van der Waals surface area (Å²) in [6, 6.07) is 10.8. The van der Waals surface area contributed by atoms with Gasteiger partial charge in [-0.15, -0.1) is 0 Å². The van der Waals surface area contributed by atoms with Crippen LogP contribution in [0.15, 0.2) is 58.0 Å². The van der Waals surface area contributed by atoms with Gasteiger partial charge in [0, 0.05) is 45.1 Å². The van der Waals surface area contributed by atoms with Crippen molar-refractivity contribution in [2.45, 2.75) is 13.0 Å². The Bertz CT molecular complexity index is 1330. The lowest BCUT2D eigenvalue weighted by atomic mass is 10.3. The molecule has 1 aliphatic rings. The van der Waals surface area contributed by atoms with E-state index in [1.165, 1.54) is 0 Å². The van der Waals surface area contributed by atoms with E-state index in [0.29, 0.717) is 23.5 Å². The summed E-state index contributed by atoms with van der Waals surface area (Å²) in [4.78, 5) is 34.7. The molecule has 1 saturated heterocycles. The van der Waals surface area contributed by atoms with Gasteiger partial charge in [0.1, 0.15) is 11.3 Å². The van der Waals surface area contributed by atoms with E-state index in [9.17, 15) is 9.59 Å². The molecule has 0 saturated carbocycles. The minimum Gasteiger partial charge on any atom is -0.454 e. The molecule has 0 aromatic carbocycles. The third-order valence-electron chi connectivity index (χ3n) is 6.23. The highest BCUT2D eigenvalue weighted by Gasteiger charge is 2.16. The van der Waals surface area contributed by atoms with Crippen molar-refractivity contribution in [1.29, 1.82) is 0 Å². The van der Waals surface area contributed by atoms with Crippen LogP contribution in [-0.2, 0) is 6.54 Å². The minimum atomic E-state index is -0.239. The molecular formula is C24H28N6O3. The van der Waals surface area contributed by atoms with E-state index in [2.05, 4.69) is 27.1 Å². The third-order valence-corrected chi connectivity index (χ3v) is 6.23. The quantitative estimate of drug-likeness (QED) is 0.433. The molecule has 0 aliphatic carbocycles. The molecule has 0 atom stereocenters. The first-order valence-corrected chi connectivity index (χ1v) is 11.3. The smallest absolute Gasteiger partial charge is 0.286 e. The molecule has 4 aromatic heterocycles. The van der Waals surface area contributed by atoms with Crippen LogP contribution in [0.5, 0.6) is 0 Å². The van der Waals surface area contributed by atoms with E-state index >= 15 is 0 Å². The molecule has 5 heterocycles. The Morgan fingerprint density at radius 3 is 2.76 bits per heavy atom. The van der Waals surface area contributed by atoms with Gasteiger partial charge in [-0.3, -0.25) is 14.2 Å². The number of furan rings is 1. The van der Waals surface area contributed by atoms with Gasteiger partial charge in [-0.05, 0) is 56.4 Å². The molecule has 4 aromatic rings. The van der Waals surface area contributed by atoms with Gasteiger partial charge in [0.05, 0.1) is 12.1 Å². The van der Waals surface area contributed by atoms with Crippen LogP contribution in [-0.4, -0.2) is 76.0 Å². The number of hydrogen-bond acceptors (Lipinski definition) is 6. The van der Waals surface area contributed by atoms with Crippen LogP contribution in [0, 0.1) is 0 Å². The standard InChI is InChI=1S/C24H28N6O3/c1-27-13-15-28(16-14-27)11-4-10-26-23(31)21-8-7-18(33-21)17-30-22-19(5-2-9-25-22)29-12-3-6-20(29)24(30)32/h2-3,5-9,12H,4,10-11,13-17H2,1H3,(H,26,31). The Hall–Kier alpha value is -3.43. The van der Waals surface area contributed by atoms with Gasteiger partial charge in [0.25, 0.3) is 11.5 Å². The summed E-state index contributed by atoms with van der Waals surface area (Å²) in [6.45, 7) is 6.10. The Kier molecular flexibility index (Phi) is 5.97. The number of nitrogens with zero attached hydrogens (tertiary/aromatic N) is 5. The first kappa shape index (κ1) is 21.4. The van der Waals surface area contributed by atoms with Crippen molar-refractivity contribution in [3.05, 3.63) is 70.7 Å². The molecule has 1 N–H and O–H groups in total. The Morgan fingerprint density at radius 2 is 1.91 bits per heavy atom. The Balaban J connectivity index is 1.24. The molecule has 0 spiro atoms. The monoisotopic (exact) mass is 448 g/mol. The maximum atomic E-state index is 13.0. The van der Waals surface area contributed by atoms with Crippen LogP contribution in [0.2, 0.25) is 0 Å². The lowest BCUT2D eigenvalue weighted by Crippen LogP contribution is -2.45. The summed E-state index contributed by atoms with van der Waals surface area (Å²) in [5.41, 5.74) is 1.82. The van der Waals surface area contributed by atoms with E-state index in [0.717, 1.165) is 44.7 Å². The summed E-state index contributed by atoms with van der Waals surface area (Å²) >= 11 is 0. The second-order valence-electron chi connectivity index (χ2n) is 8.52. The maximum Gasteiger partial charge on any atom is 0.286 e. The number of hydrogen-bond donors (Lipinski definition) is 1. The van der Waals surface area contributed by atoms with Crippen LogP contribution < -0.4 is 10.9 Å². The van der Waals surface area contributed by atoms with Gasteiger partial charge < -0.3 is 23.9 Å². The highest BCUT2D eigenvalue weighted by molar-refractivity contribution is 5.91. The van der Waals surface area contributed by atoms with Gasteiger partial charge in [-0.2, -0.15) is 0 Å². The molecule has 9 heteroatoms. The summed E-state index contributed by atoms with van der Waals surface area (Å²) in [7, 11) is 2.14. The van der Waals surface area contributed by atoms with Crippen molar-refractivity contribution in [2.75, 3.05) is 46.3 Å². The number of carbonyl (C=O) groups excluding carboxylic acids is 1. The maximum absolute atomic E-state index is 13.0. The molecular weight excluding hydrogens is 420 g/mol. The number of likely N-dealkylation sites (N-methyl/N-ethyl adjacent to an activating group) is 1. The van der Waals surface area contributed by atoms with E-state index in [1.807, 2.05) is 28.8 Å². The third kappa shape index (κ3) is 4.42. The highest BCUT2D eigenvalue weighted by Crippen LogP contribution is 2.16. The number of aromatic nitrogens is 3. The zero-order valence-electron chi connectivity index (χ0n) is 18.7. The van der Waals surface area contributed by atoms with Gasteiger partial charge in [0.15, 0.2) is 11.4 Å². The fraction of sp³-hybridized carbons (Fsp3) is 0.375. The molecule has 9 nitrogen and oxygen atoms in total. The molecule has 0 radical (unpaired) electrons. The number of fused-ring (bicyclic) bond motifs is 3. The topological polar surface area (TPSA) is 88.0 Å². The van der Waals surface area contributed by atoms with Gasteiger partial charge in [0.2, 0.25) is 0 Å². The molecule has 172 valence electrons. The predicted octanol–water partition coefficient (Wildman–Crippen LogP) is 1.66. The number of pyridine rings is 1. The van der Waals surface area contributed by atoms with Crippen LogP contribution in [0.3, 0.4) is 0 Å². The fourth-order valence-electron chi connectivity index (χ4n) is 4.33. The molecule has 1 fully saturated rings. The summed E-state index contributed by atoms with van der Waals surface area (Å²) < 4.78 is 9.21. The highest BCUT2D eigenvalue weighted by atomic mass is 16.4. The van der Waals surface area contributed by atoms with Crippen molar-refractivity contribution in [1.82, 2.24) is 29.1 Å². The largest absolute Gasteiger partial charge is 0.454 e. The lowest BCUT2D eigenvalue weighted by Gasteiger charge is -2.32. The van der Waals surface area contributed by atoms with Crippen molar-refractivity contribution in [3.8, 4) is 0 Å². The molecule has 0 unspecified atom stereocenters. The van der Waals surface area contributed by atoms with Crippen molar-refractivity contribution in [3.63, 3.8) is 0 Å². The Labute approximate surface area is 191 Å². The SMILES string of the molecule is CN1CCN(CCCNC(=O)c2ccc(Cn3c(=O)c4cccn4c4cccnc43)o2)CC1. The van der Waals surface area contributed by atoms with E-state index in [1.54, 1.807) is 29.0 Å².